The van der Waals surface area contributed by atoms with E-state index in [0.717, 1.165) is 22.6 Å². The second-order valence-electron chi connectivity index (χ2n) is 6.28. The van der Waals surface area contributed by atoms with E-state index in [1.165, 1.54) is 0 Å². The second kappa shape index (κ2) is 4.97. The van der Waals surface area contributed by atoms with E-state index in [2.05, 4.69) is 30.2 Å². The van der Waals surface area contributed by atoms with Crippen LogP contribution in [0.2, 0.25) is 0 Å². The molecule has 0 aromatic carbocycles. The Bertz CT molecular complexity index is 753. The van der Waals surface area contributed by atoms with Gasteiger partial charge < -0.3 is 10.1 Å². The van der Waals surface area contributed by atoms with Gasteiger partial charge in [0.05, 0.1) is 17.4 Å². The van der Waals surface area contributed by atoms with Crippen LogP contribution in [0.3, 0.4) is 0 Å². The van der Waals surface area contributed by atoms with E-state index in [9.17, 15) is 0 Å². The zero-order valence-corrected chi connectivity index (χ0v) is 12.6. The topological polar surface area (TPSA) is 56.2 Å². The number of pyridine rings is 2. The fraction of sp³-hybridized carbons (Fsp3) is 0.294. The molecule has 0 amide bonds. The molecule has 3 heterocycles. The van der Waals surface area contributed by atoms with E-state index in [1.54, 1.807) is 12.4 Å². The van der Waals surface area contributed by atoms with Gasteiger partial charge in [0, 0.05) is 24.0 Å². The molecule has 3 aromatic rings. The summed E-state index contributed by atoms with van der Waals surface area (Å²) in [5.41, 5.74) is 10.5. The molecule has 0 spiro atoms. The Morgan fingerprint density at radius 3 is 2.48 bits per heavy atom. The molecule has 0 bridgehead atoms. The minimum atomic E-state index is -0.223. The highest BCUT2D eigenvalue weighted by Gasteiger charge is 2.27. The lowest BCUT2D eigenvalue weighted by Gasteiger charge is -2.21. The van der Waals surface area contributed by atoms with Crippen LogP contribution in [0.15, 0.2) is 48.9 Å². The highest BCUT2D eigenvalue weighted by Crippen LogP contribution is 2.31. The molecule has 4 nitrogen and oxygen atoms in total. The molecule has 1 atom stereocenters. The predicted octanol–water partition coefficient (Wildman–Crippen LogP) is 3.07. The Labute approximate surface area is 124 Å². The van der Waals surface area contributed by atoms with Crippen molar-refractivity contribution in [1.82, 2.24) is 14.4 Å². The van der Waals surface area contributed by atoms with Gasteiger partial charge in [-0.25, -0.2) is 4.98 Å². The molecule has 0 saturated carbocycles. The van der Waals surface area contributed by atoms with Gasteiger partial charge in [0.15, 0.2) is 0 Å². The van der Waals surface area contributed by atoms with Gasteiger partial charge in [-0.3, -0.25) is 4.98 Å². The number of rotatable bonds is 2. The van der Waals surface area contributed by atoms with E-state index in [0.29, 0.717) is 0 Å². The van der Waals surface area contributed by atoms with E-state index in [4.69, 9.17) is 10.7 Å². The van der Waals surface area contributed by atoms with Crippen LogP contribution in [0.4, 0.5) is 0 Å². The zero-order chi connectivity index (χ0) is 15.0. The summed E-state index contributed by atoms with van der Waals surface area (Å²) in [6.07, 6.45) is 5.57. The number of nitrogens with two attached hydrogens (primary N) is 1. The summed E-state index contributed by atoms with van der Waals surface area (Å²) >= 11 is 0. The van der Waals surface area contributed by atoms with Crippen molar-refractivity contribution in [3.63, 3.8) is 0 Å². The number of hydrogen-bond donors (Lipinski definition) is 1. The number of hydrogen-bond acceptors (Lipinski definition) is 3. The Kier molecular flexibility index (Phi) is 3.26. The average molecular weight is 280 g/mol. The summed E-state index contributed by atoms with van der Waals surface area (Å²) in [7, 11) is 0. The third-order valence-electron chi connectivity index (χ3n) is 3.64. The quantitative estimate of drug-likeness (QED) is 0.785. The summed E-state index contributed by atoms with van der Waals surface area (Å²) in [6, 6.07) is 9.71. The predicted molar refractivity (Wildman–Crippen MR) is 84.2 cm³/mol. The van der Waals surface area contributed by atoms with Crippen LogP contribution in [-0.2, 0) is 5.41 Å². The van der Waals surface area contributed by atoms with Crippen molar-refractivity contribution in [3.05, 3.63) is 65.9 Å². The van der Waals surface area contributed by atoms with Gasteiger partial charge in [0.2, 0.25) is 0 Å². The van der Waals surface area contributed by atoms with Gasteiger partial charge in [0.1, 0.15) is 5.65 Å². The van der Waals surface area contributed by atoms with Crippen molar-refractivity contribution < 1.29 is 0 Å². The first kappa shape index (κ1) is 13.8. The van der Waals surface area contributed by atoms with E-state index in [1.807, 2.05) is 36.5 Å². The monoisotopic (exact) mass is 280 g/mol. The molecule has 3 rings (SSSR count). The van der Waals surface area contributed by atoms with E-state index >= 15 is 0 Å². The first-order valence-corrected chi connectivity index (χ1v) is 7.11. The van der Waals surface area contributed by atoms with Gasteiger partial charge in [-0.1, -0.05) is 26.8 Å². The lowest BCUT2D eigenvalue weighted by atomic mass is 9.88. The highest BCUT2D eigenvalue weighted by molar-refractivity contribution is 5.47. The van der Waals surface area contributed by atoms with Gasteiger partial charge >= 0.3 is 0 Å². The van der Waals surface area contributed by atoms with Crippen molar-refractivity contribution in [1.29, 1.82) is 0 Å². The summed E-state index contributed by atoms with van der Waals surface area (Å²) in [5.74, 6) is 0. The minimum Gasteiger partial charge on any atom is -0.319 e. The lowest BCUT2D eigenvalue weighted by molar-refractivity contribution is 0.558. The second-order valence-corrected chi connectivity index (χ2v) is 6.28. The van der Waals surface area contributed by atoms with Crippen LogP contribution < -0.4 is 5.73 Å². The lowest BCUT2D eigenvalue weighted by Crippen LogP contribution is -2.21. The van der Waals surface area contributed by atoms with Gasteiger partial charge in [-0.05, 0) is 29.8 Å². The molecule has 108 valence electrons. The number of fused-ring (bicyclic) bond motifs is 1. The first-order chi connectivity index (χ1) is 9.98. The molecule has 3 aromatic heterocycles. The van der Waals surface area contributed by atoms with Crippen LogP contribution in [0.1, 0.15) is 43.8 Å². The summed E-state index contributed by atoms with van der Waals surface area (Å²) < 4.78 is 2.09. The average Bonchev–Trinajstić information content (AvgIpc) is 2.87. The molecule has 0 aliphatic heterocycles. The molecule has 21 heavy (non-hydrogen) atoms. The van der Waals surface area contributed by atoms with E-state index in [-0.39, 0.29) is 11.5 Å². The van der Waals surface area contributed by atoms with Crippen molar-refractivity contribution in [2.75, 3.05) is 0 Å². The molecule has 1 unspecified atom stereocenters. The molecule has 2 N–H and O–H groups in total. The smallest absolute Gasteiger partial charge is 0.137 e. The molecule has 0 aliphatic carbocycles. The molecular formula is C17H20N4. The largest absolute Gasteiger partial charge is 0.319 e. The number of imidazole rings is 1. The fourth-order valence-electron chi connectivity index (χ4n) is 2.59. The molecule has 0 fully saturated rings. The first-order valence-electron chi connectivity index (χ1n) is 7.11. The van der Waals surface area contributed by atoms with Gasteiger partial charge in [0.25, 0.3) is 0 Å². The van der Waals surface area contributed by atoms with Crippen LogP contribution >= 0.6 is 0 Å². The molecular weight excluding hydrogens is 260 g/mol. The van der Waals surface area contributed by atoms with Crippen molar-refractivity contribution >= 4 is 5.65 Å². The summed E-state index contributed by atoms with van der Waals surface area (Å²) in [4.78, 5) is 8.86. The molecule has 0 aliphatic rings. The minimum absolute atomic E-state index is 0.0635. The fourth-order valence-corrected chi connectivity index (χ4v) is 2.59. The number of aromatic nitrogens is 3. The third-order valence-corrected chi connectivity index (χ3v) is 3.64. The van der Waals surface area contributed by atoms with Crippen LogP contribution in [0.5, 0.6) is 0 Å². The molecule has 0 saturated heterocycles. The third kappa shape index (κ3) is 2.43. The SMILES string of the molecule is CC(C)(C)c1nc2ccccn2c1C(N)c1ccncc1. The van der Waals surface area contributed by atoms with Crippen LogP contribution in [-0.4, -0.2) is 14.4 Å². The van der Waals surface area contributed by atoms with Crippen molar-refractivity contribution in [2.24, 2.45) is 5.73 Å². The maximum atomic E-state index is 6.54. The van der Waals surface area contributed by atoms with Crippen molar-refractivity contribution in [2.45, 2.75) is 32.2 Å². The maximum Gasteiger partial charge on any atom is 0.137 e. The Morgan fingerprint density at radius 2 is 1.81 bits per heavy atom. The Balaban J connectivity index is 2.25. The van der Waals surface area contributed by atoms with Crippen LogP contribution in [0.25, 0.3) is 5.65 Å². The zero-order valence-electron chi connectivity index (χ0n) is 12.6. The molecule has 0 radical (unpaired) electrons. The Hall–Kier alpha value is -2.20. The van der Waals surface area contributed by atoms with E-state index < -0.39 is 0 Å². The van der Waals surface area contributed by atoms with Gasteiger partial charge in [-0.2, -0.15) is 0 Å². The number of nitrogens with zero attached hydrogens (tertiary/aromatic N) is 3. The van der Waals surface area contributed by atoms with Crippen LogP contribution in [0, 0.1) is 0 Å². The normalized spacial score (nSPS) is 13.5. The molecule has 4 heteroatoms. The van der Waals surface area contributed by atoms with Gasteiger partial charge in [-0.15, -0.1) is 0 Å². The standard InChI is InChI=1S/C17H20N4/c1-17(2,3)16-15(14(18)12-7-9-19-10-8-12)21-11-5-4-6-13(21)20-16/h4-11,14H,18H2,1-3H3. The summed E-state index contributed by atoms with van der Waals surface area (Å²) in [6.45, 7) is 6.49. The Morgan fingerprint density at radius 1 is 1.10 bits per heavy atom. The maximum absolute atomic E-state index is 6.54. The van der Waals surface area contributed by atoms with Crippen molar-refractivity contribution in [3.8, 4) is 0 Å². The highest BCUT2D eigenvalue weighted by atomic mass is 15.0. The summed E-state index contributed by atoms with van der Waals surface area (Å²) in [5, 5.41) is 0.